The summed E-state index contributed by atoms with van der Waals surface area (Å²) in [6.07, 6.45) is 5.41. The van der Waals surface area contributed by atoms with Crippen molar-refractivity contribution in [3.8, 4) is 0 Å². The van der Waals surface area contributed by atoms with E-state index in [1.165, 1.54) is 18.2 Å². The number of carbonyl (C=O) groups excluding carboxylic acids is 1. The molecule has 2 aromatic rings. The quantitative estimate of drug-likeness (QED) is 0.412. The van der Waals surface area contributed by atoms with Gasteiger partial charge in [-0.3, -0.25) is 0 Å². The number of rotatable bonds is 7. The van der Waals surface area contributed by atoms with Gasteiger partial charge in [0.15, 0.2) is 0 Å². The molecule has 0 spiro atoms. The van der Waals surface area contributed by atoms with E-state index >= 15 is 0 Å². The zero-order chi connectivity index (χ0) is 17.7. The molecule has 0 unspecified atom stereocenters. The molecule has 24 heavy (non-hydrogen) atoms. The molecule has 128 valence electrons. The number of benzene rings is 1. The summed E-state index contributed by atoms with van der Waals surface area (Å²) in [4.78, 5) is 25.9. The Bertz CT molecular complexity index is 795. The maximum atomic E-state index is 11.7. The van der Waals surface area contributed by atoms with E-state index in [0.29, 0.717) is 33.1 Å². The summed E-state index contributed by atoms with van der Waals surface area (Å²) in [5.74, 6) is -1.68. The second-order valence-electron chi connectivity index (χ2n) is 5.24. The van der Waals surface area contributed by atoms with Gasteiger partial charge in [-0.25, -0.2) is 9.59 Å². The van der Waals surface area contributed by atoms with Gasteiger partial charge in [-0.05, 0) is 24.6 Å². The molecule has 2 N–H and O–H groups in total. The first-order valence-corrected chi connectivity index (χ1v) is 8.28. The molecule has 0 saturated carbocycles. The van der Waals surface area contributed by atoms with E-state index in [2.05, 4.69) is 11.9 Å². The number of unbranched alkanes of at least 4 members (excludes halogenated alkanes) is 2. The van der Waals surface area contributed by atoms with Crippen LogP contribution in [0.3, 0.4) is 0 Å². The molecule has 0 fully saturated rings. The number of hydrogen-bond acceptors (Lipinski definition) is 3. The predicted octanol–water partition coefficient (Wildman–Crippen LogP) is 4.92. The summed E-state index contributed by atoms with van der Waals surface area (Å²) in [5, 5.41) is 10.5. The molecule has 0 atom stereocenters. The van der Waals surface area contributed by atoms with Gasteiger partial charge >= 0.3 is 11.9 Å². The van der Waals surface area contributed by atoms with Gasteiger partial charge in [-0.1, -0.05) is 43.0 Å². The van der Waals surface area contributed by atoms with E-state index in [1.807, 2.05) is 0 Å². The van der Waals surface area contributed by atoms with Gasteiger partial charge in [0.05, 0.1) is 11.6 Å². The van der Waals surface area contributed by atoms with Crippen molar-refractivity contribution in [2.24, 2.45) is 0 Å². The lowest BCUT2D eigenvalue weighted by Gasteiger charge is -2.01. The first kappa shape index (κ1) is 18.4. The number of aromatic carboxylic acids is 1. The zero-order valence-corrected chi connectivity index (χ0v) is 14.6. The van der Waals surface area contributed by atoms with Crippen LogP contribution in [0.4, 0.5) is 0 Å². The van der Waals surface area contributed by atoms with Gasteiger partial charge in [0.25, 0.3) is 0 Å². The highest BCUT2D eigenvalue weighted by molar-refractivity contribution is 6.39. The van der Waals surface area contributed by atoms with Crippen molar-refractivity contribution in [3.63, 3.8) is 0 Å². The van der Waals surface area contributed by atoms with Crippen molar-refractivity contribution in [3.05, 3.63) is 39.5 Å². The average molecular weight is 370 g/mol. The van der Waals surface area contributed by atoms with Gasteiger partial charge in [-0.2, -0.15) is 0 Å². The molecule has 0 bridgehead atoms. The number of fused-ring (bicyclic) bond motifs is 1. The van der Waals surface area contributed by atoms with Crippen LogP contribution in [0, 0.1) is 0 Å². The average Bonchev–Trinajstić information content (AvgIpc) is 2.88. The lowest BCUT2D eigenvalue weighted by molar-refractivity contribution is -0.137. The van der Waals surface area contributed by atoms with E-state index in [9.17, 15) is 14.7 Å². The molecule has 1 heterocycles. The molecule has 0 aliphatic carbocycles. The van der Waals surface area contributed by atoms with Crippen LogP contribution in [-0.2, 0) is 9.53 Å². The lowest BCUT2D eigenvalue weighted by atomic mass is 10.1. The van der Waals surface area contributed by atoms with Crippen molar-refractivity contribution in [1.82, 2.24) is 4.98 Å². The van der Waals surface area contributed by atoms with Crippen molar-refractivity contribution in [2.75, 3.05) is 6.61 Å². The molecule has 0 saturated heterocycles. The fraction of sp³-hybridized carbons (Fsp3) is 0.294. The third-order valence-electron chi connectivity index (χ3n) is 3.45. The van der Waals surface area contributed by atoms with E-state index in [0.717, 1.165) is 19.3 Å². The minimum absolute atomic E-state index is 0.0656. The molecule has 1 aromatic heterocycles. The number of aromatic amines is 1. The highest BCUT2D eigenvalue weighted by Crippen LogP contribution is 2.33. The van der Waals surface area contributed by atoms with Crippen molar-refractivity contribution >= 4 is 52.1 Å². The molecule has 0 aliphatic heterocycles. The predicted molar refractivity (Wildman–Crippen MR) is 94.8 cm³/mol. The molecule has 0 radical (unpaired) electrons. The fourth-order valence-corrected chi connectivity index (χ4v) is 2.93. The second-order valence-corrected chi connectivity index (χ2v) is 6.08. The summed E-state index contributed by atoms with van der Waals surface area (Å²) in [7, 11) is 0. The summed E-state index contributed by atoms with van der Waals surface area (Å²) in [5.41, 5.74) is 0.731. The number of halogens is 2. The Kier molecular flexibility index (Phi) is 6.29. The minimum atomic E-state index is -1.16. The maximum absolute atomic E-state index is 11.7. The topological polar surface area (TPSA) is 79.4 Å². The van der Waals surface area contributed by atoms with Gasteiger partial charge < -0.3 is 14.8 Å². The van der Waals surface area contributed by atoms with Crippen molar-refractivity contribution in [1.29, 1.82) is 0 Å². The smallest absolute Gasteiger partial charge is 0.352 e. The molecular formula is C17H17Cl2NO4. The second kappa shape index (κ2) is 8.22. The number of esters is 1. The third-order valence-corrected chi connectivity index (χ3v) is 3.96. The van der Waals surface area contributed by atoms with Crippen LogP contribution in [0.5, 0.6) is 0 Å². The van der Waals surface area contributed by atoms with Crippen LogP contribution in [-0.4, -0.2) is 28.6 Å². The number of aromatic nitrogens is 1. The Labute approximate surface area is 149 Å². The van der Waals surface area contributed by atoms with E-state index in [-0.39, 0.29) is 5.69 Å². The number of carboxylic acid groups (broad SMARTS) is 1. The summed E-state index contributed by atoms with van der Waals surface area (Å²) in [6.45, 7) is 2.40. The normalized spacial score (nSPS) is 11.3. The summed E-state index contributed by atoms with van der Waals surface area (Å²) < 4.78 is 5.07. The Morgan fingerprint density at radius 2 is 2.04 bits per heavy atom. The van der Waals surface area contributed by atoms with Crippen LogP contribution in [0.1, 0.15) is 42.2 Å². The largest absolute Gasteiger partial charge is 0.477 e. The SMILES string of the molecule is CCCCCOC(=O)/C=C/c1c(C(=O)O)[nH]c2cc(Cl)cc(Cl)c12. The minimum Gasteiger partial charge on any atom is -0.477 e. The summed E-state index contributed by atoms with van der Waals surface area (Å²) >= 11 is 12.1. The van der Waals surface area contributed by atoms with Gasteiger partial charge in [0.2, 0.25) is 0 Å². The van der Waals surface area contributed by atoms with E-state index in [1.54, 1.807) is 6.07 Å². The van der Waals surface area contributed by atoms with Crippen LogP contribution < -0.4 is 0 Å². The van der Waals surface area contributed by atoms with Gasteiger partial charge in [-0.15, -0.1) is 0 Å². The molecule has 7 heteroatoms. The molecule has 2 rings (SSSR count). The van der Waals surface area contributed by atoms with Crippen LogP contribution in [0.15, 0.2) is 18.2 Å². The van der Waals surface area contributed by atoms with Crippen LogP contribution >= 0.6 is 23.2 Å². The van der Waals surface area contributed by atoms with E-state index < -0.39 is 11.9 Å². The monoisotopic (exact) mass is 369 g/mol. The van der Waals surface area contributed by atoms with E-state index in [4.69, 9.17) is 27.9 Å². The number of carbonyl (C=O) groups is 2. The standard InChI is InChI=1S/C17H17Cl2NO4/c1-2-3-4-7-24-14(21)6-5-11-15-12(19)8-10(18)9-13(15)20-16(11)17(22)23/h5-6,8-9,20H,2-4,7H2,1H3,(H,22,23)/b6-5+. The highest BCUT2D eigenvalue weighted by Gasteiger charge is 2.18. The first-order valence-electron chi connectivity index (χ1n) is 7.53. The molecule has 5 nitrogen and oxygen atoms in total. The lowest BCUT2D eigenvalue weighted by Crippen LogP contribution is -2.03. The Balaban J connectivity index is 2.30. The Morgan fingerprint density at radius 1 is 1.29 bits per heavy atom. The molecule has 1 aromatic carbocycles. The Hall–Kier alpha value is -1.98. The maximum Gasteiger partial charge on any atom is 0.352 e. The van der Waals surface area contributed by atoms with Gasteiger partial charge in [0, 0.05) is 27.6 Å². The number of ether oxygens (including phenoxy) is 1. The van der Waals surface area contributed by atoms with Crippen LogP contribution in [0.2, 0.25) is 10.0 Å². The van der Waals surface area contributed by atoms with Crippen LogP contribution in [0.25, 0.3) is 17.0 Å². The molecule has 0 amide bonds. The third kappa shape index (κ3) is 4.30. The van der Waals surface area contributed by atoms with Crippen molar-refractivity contribution in [2.45, 2.75) is 26.2 Å². The summed E-state index contributed by atoms with van der Waals surface area (Å²) in [6, 6.07) is 3.10. The molecular weight excluding hydrogens is 353 g/mol. The number of nitrogens with one attached hydrogen (secondary N) is 1. The Morgan fingerprint density at radius 3 is 2.71 bits per heavy atom. The van der Waals surface area contributed by atoms with Crippen molar-refractivity contribution < 1.29 is 19.4 Å². The number of hydrogen-bond donors (Lipinski definition) is 2. The fourth-order valence-electron chi connectivity index (χ4n) is 2.33. The zero-order valence-electron chi connectivity index (χ0n) is 13.1. The number of carboxylic acids is 1. The number of H-pyrrole nitrogens is 1. The molecule has 0 aliphatic rings. The highest BCUT2D eigenvalue weighted by atomic mass is 35.5. The first-order chi connectivity index (χ1) is 11.4. The van der Waals surface area contributed by atoms with Gasteiger partial charge in [0.1, 0.15) is 5.69 Å².